The van der Waals surface area contributed by atoms with E-state index in [0.29, 0.717) is 5.75 Å². The van der Waals surface area contributed by atoms with E-state index >= 15 is 0 Å². The molecule has 0 aliphatic carbocycles. The van der Waals surface area contributed by atoms with E-state index in [2.05, 4.69) is 33.9 Å². The first-order chi connectivity index (χ1) is 8.47. The highest BCUT2D eigenvalue weighted by atomic mass is 35.5. The third-order valence-corrected chi connectivity index (χ3v) is 8.32. The van der Waals surface area contributed by atoms with Gasteiger partial charge in [0.25, 0.3) is 8.32 Å². The largest absolute Gasteiger partial charge is 0.543 e. The second kappa shape index (κ2) is 5.17. The molecule has 1 aromatic rings. The van der Waals surface area contributed by atoms with E-state index in [0.717, 1.165) is 5.56 Å². The van der Waals surface area contributed by atoms with E-state index in [9.17, 15) is 9.90 Å². The maximum absolute atomic E-state index is 11.4. The van der Waals surface area contributed by atoms with Crippen LogP contribution in [0, 0.1) is 6.92 Å². The molecule has 5 heteroatoms. The lowest BCUT2D eigenvalue weighted by Crippen LogP contribution is -2.44. The SMILES string of the molecule is Cc1ccc(Cl)c(C(=O)O)c1O[Si](C)(C)C(C)(C)C. The van der Waals surface area contributed by atoms with Crippen molar-refractivity contribution in [1.82, 2.24) is 0 Å². The summed E-state index contributed by atoms with van der Waals surface area (Å²) in [5.41, 5.74) is 0.859. The van der Waals surface area contributed by atoms with Crippen LogP contribution < -0.4 is 4.43 Å². The lowest BCUT2D eigenvalue weighted by molar-refractivity contribution is 0.0694. The summed E-state index contributed by atoms with van der Waals surface area (Å²) in [5.74, 6) is -0.644. The highest BCUT2D eigenvalue weighted by molar-refractivity contribution is 6.74. The Morgan fingerprint density at radius 2 is 1.84 bits per heavy atom. The van der Waals surface area contributed by atoms with Gasteiger partial charge in [0.2, 0.25) is 0 Å². The van der Waals surface area contributed by atoms with E-state index in [1.54, 1.807) is 12.1 Å². The molecular weight excluding hydrogens is 280 g/mol. The molecule has 0 aliphatic rings. The van der Waals surface area contributed by atoms with Crippen LogP contribution in [0.15, 0.2) is 12.1 Å². The lowest BCUT2D eigenvalue weighted by atomic mass is 10.1. The van der Waals surface area contributed by atoms with Gasteiger partial charge >= 0.3 is 5.97 Å². The highest BCUT2D eigenvalue weighted by Gasteiger charge is 2.40. The third-order valence-electron chi connectivity index (χ3n) is 3.68. The molecular formula is C14H21ClO3Si. The zero-order valence-corrected chi connectivity index (χ0v) is 14.1. The van der Waals surface area contributed by atoms with Crippen molar-refractivity contribution in [2.45, 2.75) is 45.8 Å². The average molecular weight is 301 g/mol. The van der Waals surface area contributed by atoms with Gasteiger partial charge in [-0.05, 0) is 36.7 Å². The smallest absolute Gasteiger partial charge is 0.340 e. The molecule has 0 saturated carbocycles. The van der Waals surface area contributed by atoms with Gasteiger partial charge in [-0.25, -0.2) is 4.79 Å². The molecule has 0 heterocycles. The summed E-state index contributed by atoms with van der Waals surface area (Å²) >= 11 is 5.99. The van der Waals surface area contributed by atoms with Crippen molar-refractivity contribution in [3.8, 4) is 5.75 Å². The number of carbonyl (C=O) groups is 1. The molecule has 1 aromatic carbocycles. The van der Waals surface area contributed by atoms with Crippen molar-refractivity contribution in [2.24, 2.45) is 0 Å². The topological polar surface area (TPSA) is 46.5 Å². The van der Waals surface area contributed by atoms with E-state index in [-0.39, 0.29) is 15.6 Å². The van der Waals surface area contributed by atoms with Crippen molar-refractivity contribution in [3.05, 3.63) is 28.3 Å². The molecule has 0 spiro atoms. The van der Waals surface area contributed by atoms with Crippen LogP contribution in [0.5, 0.6) is 5.75 Å². The van der Waals surface area contributed by atoms with Gasteiger partial charge in [-0.3, -0.25) is 0 Å². The second-order valence-electron chi connectivity index (χ2n) is 6.24. The number of carboxylic acids is 1. The summed E-state index contributed by atoms with van der Waals surface area (Å²) < 4.78 is 6.14. The minimum atomic E-state index is -2.10. The monoisotopic (exact) mass is 300 g/mol. The zero-order chi connectivity index (χ0) is 15.0. The van der Waals surface area contributed by atoms with Crippen molar-refractivity contribution in [2.75, 3.05) is 0 Å². The Morgan fingerprint density at radius 3 is 2.26 bits per heavy atom. The van der Waals surface area contributed by atoms with Gasteiger partial charge in [-0.2, -0.15) is 0 Å². The summed E-state index contributed by atoms with van der Waals surface area (Å²) in [4.78, 5) is 11.4. The Kier molecular flexibility index (Phi) is 4.37. The number of aryl methyl sites for hydroxylation is 1. The number of hydrogen-bond donors (Lipinski definition) is 1. The molecule has 0 fully saturated rings. The second-order valence-corrected chi connectivity index (χ2v) is 11.4. The van der Waals surface area contributed by atoms with Crippen LogP contribution in [0.2, 0.25) is 23.2 Å². The standard InChI is InChI=1S/C14H21ClO3Si/c1-9-7-8-10(15)11(13(16)17)12(9)18-19(5,6)14(2,3)4/h7-8H,1-6H3,(H,16,17). The quantitative estimate of drug-likeness (QED) is 0.821. The van der Waals surface area contributed by atoms with Crippen LogP contribution in [0.25, 0.3) is 0 Å². The first-order valence-electron chi connectivity index (χ1n) is 6.19. The van der Waals surface area contributed by atoms with E-state index in [1.165, 1.54) is 0 Å². The van der Waals surface area contributed by atoms with Crippen LogP contribution in [0.1, 0.15) is 36.7 Å². The Balaban J connectivity index is 3.36. The fourth-order valence-electron chi connectivity index (χ4n) is 1.40. The molecule has 0 aromatic heterocycles. The molecule has 0 aliphatic heterocycles. The number of benzene rings is 1. The normalized spacial score (nSPS) is 12.4. The van der Waals surface area contributed by atoms with Gasteiger partial charge in [-0.1, -0.05) is 38.4 Å². The van der Waals surface area contributed by atoms with Crippen LogP contribution in [-0.4, -0.2) is 19.4 Å². The van der Waals surface area contributed by atoms with Crippen LogP contribution in [-0.2, 0) is 0 Å². The molecule has 1 rings (SSSR count). The highest BCUT2D eigenvalue weighted by Crippen LogP contribution is 2.40. The van der Waals surface area contributed by atoms with Crippen molar-refractivity contribution in [1.29, 1.82) is 0 Å². The van der Waals surface area contributed by atoms with E-state index < -0.39 is 14.3 Å². The van der Waals surface area contributed by atoms with E-state index in [1.807, 2.05) is 6.92 Å². The third kappa shape index (κ3) is 3.31. The minimum absolute atomic E-state index is 0.00245. The summed E-state index contributed by atoms with van der Waals surface area (Å²) in [6, 6.07) is 3.39. The van der Waals surface area contributed by atoms with Crippen LogP contribution in [0.4, 0.5) is 0 Å². The number of carboxylic acid groups (broad SMARTS) is 1. The maximum atomic E-state index is 11.4. The minimum Gasteiger partial charge on any atom is -0.543 e. The Morgan fingerprint density at radius 1 is 1.32 bits per heavy atom. The molecule has 0 bridgehead atoms. The lowest BCUT2D eigenvalue weighted by Gasteiger charge is -2.37. The maximum Gasteiger partial charge on any atom is 0.340 e. The van der Waals surface area contributed by atoms with Gasteiger partial charge in [0, 0.05) is 0 Å². The Hall–Kier alpha value is -1.00. The van der Waals surface area contributed by atoms with E-state index in [4.69, 9.17) is 16.0 Å². The van der Waals surface area contributed by atoms with Gasteiger partial charge in [0.05, 0.1) is 5.02 Å². The molecule has 0 saturated heterocycles. The molecule has 0 unspecified atom stereocenters. The van der Waals surface area contributed by atoms with Gasteiger partial charge < -0.3 is 9.53 Å². The molecule has 106 valence electrons. The Bertz CT molecular complexity index is 504. The molecule has 0 atom stereocenters. The zero-order valence-electron chi connectivity index (χ0n) is 12.3. The number of aromatic carboxylic acids is 1. The first kappa shape index (κ1) is 16.1. The summed E-state index contributed by atoms with van der Waals surface area (Å²) in [6.45, 7) is 12.3. The molecule has 3 nitrogen and oxygen atoms in total. The predicted molar refractivity (Wildman–Crippen MR) is 81.0 cm³/mol. The van der Waals surface area contributed by atoms with Gasteiger partial charge in [-0.15, -0.1) is 0 Å². The number of hydrogen-bond acceptors (Lipinski definition) is 2. The Labute approximate surface area is 120 Å². The summed E-state index contributed by atoms with van der Waals surface area (Å²) in [6.07, 6.45) is 0. The summed E-state index contributed by atoms with van der Waals surface area (Å²) in [5, 5.41) is 9.53. The van der Waals surface area contributed by atoms with Crippen molar-refractivity contribution < 1.29 is 14.3 Å². The first-order valence-corrected chi connectivity index (χ1v) is 9.47. The molecule has 1 N–H and O–H groups in total. The fraction of sp³-hybridized carbons (Fsp3) is 0.500. The van der Waals surface area contributed by atoms with Gasteiger partial charge in [0.1, 0.15) is 11.3 Å². The average Bonchev–Trinajstić information content (AvgIpc) is 2.21. The van der Waals surface area contributed by atoms with Crippen LogP contribution in [0.3, 0.4) is 0 Å². The number of rotatable bonds is 3. The molecule has 0 amide bonds. The molecule has 19 heavy (non-hydrogen) atoms. The number of halogens is 1. The fourth-order valence-corrected chi connectivity index (χ4v) is 2.71. The summed E-state index contributed by atoms with van der Waals surface area (Å²) in [7, 11) is -2.10. The predicted octanol–water partition coefficient (Wildman–Crippen LogP) is 4.73. The van der Waals surface area contributed by atoms with Gasteiger partial charge in [0.15, 0.2) is 0 Å². The van der Waals surface area contributed by atoms with Crippen LogP contribution >= 0.6 is 11.6 Å². The van der Waals surface area contributed by atoms with Crippen molar-refractivity contribution in [3.63, 3.8) is 0 Å². The molecule has 0 radical (unpaired) electrons. The van der Waals surface area contributed by atoms with Crippen molar-refractivity contribution >= 4 is 25.9 Å².